The van der Waals surface area contributed by atoms with Crippen LogP contribution in [0.5, 0.6) is 0 Å². The maximum Gasteiger partial charge on any atom is 0.338 e. The van der Waals surface area contributed by atoms with Gasteiger partial charge in [0.1, 0.15) is 5.83 Å². The number of ether oxygens (including phenoxy) is 1. The predicted molar refractivity (Wildman–Crippen MR) is 134 cm³/mol. The molecule has 1 aromatic carbocycles. The van der Waals surface area contributed by atoms with Gasteiger partial charge in [-0.05, 0) is 62.6 Å². The highest BCUT2D eigenvalue weighted by Crippen LogP contribution is 2.39. The summed E-state index contributed by atoms with van der Waals surface area (Å²) in [6.07, 6.45) is 5.12. The van der Waals surface area contributed by atoms with E-state index in [4.69, 9.17) is 10.5 Å². The Morgan fingerprint density at radius 2 is 2.03 bits per heavy atom. The van der Waals surface area contributed by atoms with Gasteiger partial charge in [-0.15, -0.1) is 0 Å². The molecule has 1 aliphatic rings. The number of hydrogen-bond donors (Lipinski definition) is 1. The zero-order chi connectivity index (χ0) is 25.2. The third-order valence-corrected chi connectivity index (χ3v) is 8.23. The number of rotatable bonds is 8. The number of halogens is 1. The van der Waals surface area contributed by atoms with E-state index in [1.165, 1.54) is 24.5 Å². The normalized spacial score (nSPS) is 17.2. The van der Waals surface area contributed by atoms with Crippen molar-refractivity contribution >= 4 is 32.5 Å². The first-order valence-corrected chi connectivity index (χ1v) is 12.7. The van der Waals surface area contributed by atoms with Crippen LogP contribution in [0.3, 0.4) is 0 Å². The van der Waals surface area contributed by atoms with Crippen molar-refractivity contribution in [2.75, 3.05) is 27.2 Å². The van der Waals surface area contributed by atoms with Crippen LogP contribution in [-0.2, 0) is 21.3 Å². The molecule has 7 nitrogen and oxygen atoms in total. The van der Waals surface area contributed by atoms with Gasteiger partial charge in [0.2, 0.25) is 10.0 Å². The Balaban J connectivity index is 2.25. The van der Waals surface area contributed by atoms with Crippen molar-refractivity contribution in [3.8, 4) is 0 Å². The topological polar surface area (TPSA) is 94.6 Å². The number of carbonyl (C=O) groups is 1. The van der Waals surface area contributed by atoms with E-state index in [1.807, 2.05) is 24.5 Å². The zero-order valence-electron chi connectivity index (χ0n) is 20.3. The predicted octanol–water partition coefficient (Wildman–Crippen LogP) is 3.93. The summed E-state index contributed by atoms with van der Waals surface area (Å²) in [7, 11) is -0.496. The number of hydrogen-bond acceptors (Lipinski definition) is 5. The summed E-state index contributed by atoms with van der Waals surface area (Å²) in [5, 5.41) is 0.0235. The van der Waals surface area contributed by atoms with Crippen LogP contribution in [0.1, 0.15) is 41.9 Å². The molecule has 0 spiro atoms. The molecule has 34 heavy (non-hydrogen) atoms. The number of carbonyl (C=O) groups excluding carboxylic acids is 1. The number of nitrogens with two attached hydrogens (primary N) is 1. The largest absolute Gasteiger partial charge is 0.462 e. The number of benzene rings is 1. The van der Waals surface area contributed by atoms with E-state index >= 15 is 0 Å². The Labute approximate surface area is 200 Å². The number of nitrogens with zero attached hydrogens (tertiary/aromatic N) is 2. The molecule has 2 N–H and O–H groups in total. The van der Waals surface area contributed by atoms with Gasteiger partial charge in [0.15, 0.2) is 0 Å². The maximum absolute atomic E-state index is 14.5. The number of aromatic nitrogens is 1. The molecule has 0 fully saturated rings. The summed E-state index contributed by atoms with van der Waals surface area (Å²) in [5.41, 5.74) is 9.97. The van der Waals surface area contributed by atoms with E-state index in [0.717, 1.165) is 33.3 Å². The third kappa shape index (κ3) is 4.87. The van der Waals surface area contributed by atoms with E-state index < -0.39 is 21.2 Å². The van der Waals surface area contributed by atoms with E-state index in [2.05, 4.69) is 0 Å². The lowest BCUT2D eigenvalue weighted by molar-refractivity contribution is 0.0526. The molecule has 1 heterocycles. The lowest BCUT2D eigenvalue weighted by Crippen LogP contribution is -2.33. The first-order chi connectivity index (χ1) is 16.0. The van der Waals surface area contributed by atoms with Crippen molar-refractivity contribution < 1.29 is 22.3 Å². The van der Waals surface area contributed by atoms with Gasteiger partial charge in [-0.2, -0.15) is 0 Å². The van der Waals surface area contributed by atoms with E-state index in [-0.39, 0.29) is 31.9 Å². The van der Waals surface area contributed by atoms with Gasteiger partial charge < -0.3 is 15.0 Å². The molecular formula is C25H32FN3O4S. The van der Waals surface area contributed by atoms with Gasteiger partial charge in [0.05, 0.1) is 24.0 Å². The van der Waals surface area contributed by atoms with Gasteiger partial charge in [-0.1, -0.05) is 12.2 Å². The number of esters is 1. The highest BCUT2D eigenvalue weighted by atomic mass is 32.2. The minimum atomic E-state index is -3.53. The van der Waals surface area contributed by atoms with Crippen molar-refractivity contribution in [1.29, 1.82) is 0 Å². The summed E-state index contributed by atoms with van der Waals surface area (Å²) in [5.74, 6) is -0.817. The second kappa shape index (κ2) is 10.2. The lowest BCUT2D eigenvalue weighted by atomic mass is 9.90. The Morgan fingerprint density at radius 1 is 1.32 bits per heavy atom. The van der Waals surface area contributed by atoms with Crippen molar-refractivity contribution in [3.05, 3.63) is 64.6 Å². The van der Waals surface area contributed by atoms with Crippen molar-refractivity contribution in [1.82, 2.24) is 8.87 Å². The van der Waals surface area contributed by atoms with Crippen LogP contribution in [0.15, 0.2) is 47.8 Å². The molecule has 3 rings (SSSR count). The van der Waals surface area contributed by atoms with Crippen molar-refractivity contribution in [3.63, 3.8) is 0 Å². The third-order valence-electron chi connectivity index (χ3n) is 6.12. The van der Waals surface area contributed by atoms with Gasteiger partial charge in [-0.3, -0.25) is 0 Å². The molecule has 0 saturated carbocycles. The van der Waals surface area contributed by atoms with Crippen molar-refractivity contribution in [2.24, 2.45) is 5.73 Å². The first kappa shape index (κ1) is 25.9. The first-order valence-electron chi connectivity index (χ1n) is 11.2. The average Bonchev–Trinajstić information content (AvgIpc) is 3.04. The fourth-order valence-electron chi connectivity index (χ4n) is 4.31. The fraction of sp³-hybridized carbons (Fsp3) is 0.400. The molecule has 0 aliphatic heterocycles. The van der Waals surface area contributed by atoms with E-state index in [9.17, 15) is 17.6 Å². The number of allylic oxidation sites excluding steroid dienone is 4. The molecule has 184 valence electrons. The summed E-state index contributed by atoms with van der Waals surface area (Å²) in [6, 6.07) is 5.17. The second-order valence-electron chi connectivity index (χ2n) is 8.48. The smallest absolute Gasteiger partial charge is 0.338 e. The highest BCUT2D eigenvalue weighted by molar-refractivity contribution is 7.89. The molecule has 9 heteroatoms. The van der Waals surface area contributed by atoms with E-state index in [1.54, 1.807) is 31.2 Å². The van der Waals surface area contributed by atoms with Gasteiger partial charge in [-0.25, -0.2) is 21.9 Å². The number of sulfonamides is 1. The summed E-state index contributed by atoms with van der Waals surface area (Å²) < 4.78 is 48.5. The zero-order valence-corrected chi connectivity index (χ0v) is 21.1. The summed E-state index contributed by atoms with van der Waals surface area (Å²) in [4.78, 5) is 12.4. The Bertz CT molecular complexity index is 1300. The van der Waals surface area contributed by atoms with E-state index in [0.29, 0.717) is 5.56 Å². The Kier molecular flexibility index (Phi) is 7.80. The monoisotopic (exact) mass is 489 g/mol. The molecular weight excluding hydrogens is 457 g/mol. The average molecular weight is 490 g/mol. The van der Waals surface area contributed by atoms with Crippen LogP contribution >= 0.6 is 0 Å². The van der Waals surface area contributed by atoms with Crippen LogP contribution in [-0.4, -0.2) is 55.8 Å². The van der Waals surface area contributed by atoms with Crippen LogP contribution in [0.2, 0.25) is 0 Å². The van der Waals surface area contributed by atoms with Crippen LogP contribution in [0, 0.1) is 6.92 Å². The second-order valence-corrected chi connectivity index (χ2v) is 10.8. The molecule has 0 radical (unpaired) electrons. The quantitative estimate of drug-likeness (QED) is 0.567. The molecule has 0 saturated heterocycles. The van der Waals surface area contributed by atoms with Gasteiger partial charge in [0, 0.05) is 42.8 Å². The molecule has 1 aliphatic carbocycles. The molecule has 0 bridgehead atoms. The summed E-state index contributed by atoms with van der Waals surface area (Å²) >= 11 is 0. The van der Waals surface area contributed by atoms with Crippen LogP contribution < -0.4 is 5.73 Å². The van der Waals surface area contributed by atoms with Crippen LogP contribution in [0.4, 0.5) is 4.39 Å². The molecule has 1 aromatic heterocycles. The molecule has 1 unspecified atom stereocenters. The standard InChI is InChI=1S/C25H32FN3O4S/c1-6-33-25(30)18-8-10-23-22(13-18)24(17(3)29(23)15-19(26)11-12-27)21-14-20(9-7-16(21)2)34(31,32)28(4)5/h7-11,13,20H,6,12,14-15,27H2,1-5H3. The molecule has 2 aromatic rings. The SMILES string of the molecule is CCOC(=O)c1ccc2c(c1)c(C1=C(C)C=CC(S(=O)(=O)N(C)C)C1)c(C)n2CC(F)=CCN. The fourth-order valence-corrected chi connectivity index (χ4v) is 5.50. The number of fused-ring (bicyclic) bond motifs is 1. The van der Waals surface area contributed by atoms with Gasteiger partial charge >= 0.3 is 5.97 Å². The minimum absolute atomic E-state index is 0.0140. The van der Waals surface area contributed by atoms with Gasteiger partial charge in [0.25, 0.3) is 0 Å². The maximum atomic E-state index is 14.5. The lowest BCUT2D eigenvalue weighted by Gasteiger charge is -2.24. The molecule has 1 atom stereocenters. The molecule has 0 amide bonds. The summed E-state index contributed by atoms with van der Waals surface area (Å²) in [6.45, 7) is 5.87. The highest BCUT2D eigenvalue weighted by Gasteiger charge is 2.31. The Hall–Kier alpha value is -2.75. The Morgan fingerprint density at radius 3 is 2.65 bits per heavy atom. The van der Waals surface area contributed by atoms with Crippen LogP contribution in [0.25, 0.3) is 16.5 Å². The van der Waals surface area contributed by atoms with Crippen molar-refractivity contribution in [2.45, 2.75) is 39.0 Å². The minimum Gasteiger partial charge on any atom is -0.462 e.